The molecule has 0 aromatic heterocycles. The number of benzene rings is 2. The highest BCUT2D eigenvalue weighted by Crippen LogP contribution is 2.23. The van der Waals surface area contributed by atoms with Crippen molar-refractivity contribution in [1.29, 1.82) is 5.41 Å². The highest BCUT2D eigenvalue weighted by atomic mass is 35.5. The van der Waals surface area contributed by atoms with E-state index in [0.717, 1.165) is 11.1 Å². The first-order chi connectivity index (χ1) is 18.9. The van der Waals surface area contributed by atoms with Gasteiger partial charge in [-0.2, -0.15) is 13.2 Å². The number of carbonyl (C=O) groups excluding carboxylic acids is 1. The Morgan fingerprint density at radius 3 is 2.55 bits per heavy atom. The van der Waals surface area contributed by atoms with Crippen LogP contribution in [-0.4, -0.2) is 73.1 Å². The van der Waals surface area contributed by atoms with E-state index in [9.17, 15) is 27.5 Å². The quantitative estimate of drug-likeness (QED) is 0.184. The number of hydrogen-bond acceptors (Lipinski definition) is 5. The lowest BCUT2D eigenvalue weighted by atomic mass is 9.95. The predicted molar refractivity (Wildman–Crippen MR) is 149 cm³/mol. The second kappa shape index (κ2) is 13.9. The number of amides is 2. The molecule has 2 aromatic rings. The molecule has 0 bridgehead atoms. The van der Waals surface area contributed by atoms with Crippen LogP contribution in [-0.2, 0) is 0 Å². The highest BCUT2D eigenvalue weighted by molar-refractivity contribution is 6.31. The summed E-state index contributed by atoms with van der Waals surface area (Å²) >= 11 is 11.7. The van der Waals surface area contributed by atoms with Crippen molar-refractivity contribution in [3.8, 4) is 0 Å². The summed E-state index contributed by atoms with van der Waals surface area (Å²) in [6, 6.07) is 8.93. The van der Waals surface area contributed by atoms with E-state index >= 15 is 0 Å². The molecular weight excluding hydrogens is 573 g/mol. The maximum absolute atomic E-state index is 13.5. The summed E-state index contributed by atoms with van der Waals surface area (Å²) in [7, 11) is 1.53. The zero-order valence-electron chi connectivity index (χ0n) is 21.3. The van der Waals surface area contributed by atoms with Gasteiger partial charge in [0.2, 0.25) is 0 Å². The molecular formula is C27H27Cl2F4N5O2. The fourth-order valence-corrected chi connectivity index (χ4v) is 4.21. The van der Waals surface area contributed by atoms with Gasteiger partial charge in [0, 0.05) is 24.2 Å². The molecule has 0 spiro atoms. The van der Waals surface area contributed by atoms with Crippen molar-refractivity contribution in [2.45, 2.75) is 18.7 Å². The van der Waals surface area contributed by atoms with Crippen molar-refractivity contribution >= 4 is 46.9 Å². The number of alkyl halides is 3. The summed E-state index contributed by atoms with van der Waals surface area (Å²) in [5, 5.41) is 24.1. The maximum atomic E-state index is 13.5. The number of aliphatic hydroxyl groups excluding tert-OH is 1. The topological polar surface area (TPSA) is 101 Å². The molecule has 1 aliphatic heterocycles. The fourth-order valence-electron chi connectivity index (χ4n) is 3.90. The maximum Gasteiger partial charge on any atom is 0.416 e. The van der Waals surface area contributed by atoms with E-state index < -0.39 is 36.5 Å². The third-order valence-electron chi connectivity index (χ3n) is 6.07. The molecule has 0 radical (unpaired) electrons. The SMILES string of the molecule is CN=C(CNC(=O)N(C[C@H](O)C(F)(F)F)C(=N)c1ccc(Cl)cc1)C1=C(/C=C/c2ccc(F)c(Cl)c2)CNCC1. The standard InChI is InChI=1S/C27H27Cl2F4N5O2/c1-35-23(20-10-11-36-13-18(20)4-2-16-3-9-22(30)21(29)12-16)14-37-26(40)38(15-24(39)27(31,32)33)25(34)17-5-7-19(28)8-6-17/h2-9,12,24,34,36,39H,10-11,13-15H2,1H3,(H,37,40)/b4-2+,34-25?,35-23?/t24-/m0/s1. The van der Waals surface area contributed by atoms with Crippen LogP contribution in [0.1, 0.15) is 17.5 Å². The first-order valence-corrected chi connectivity index (χ1v) is 12.8. The molecule has 1 atom stereocenters. The number of nitrogens with zero attached hydrogens (tertiary/aromatic N) is 2. The fraction of sp³-hybridized carbons (Fsp3) is 0.296. The molecule has 7 nitrogen and oxygen atoms in total. The highest BCUT2D eigenvalue weighted by Gasteiger charge is 2.41. The largest absolute Gasteiger partial charge is 0.416 e. The first-order valence-electron chi connectivity index (χ1n) is 12.1. The second-order valence-corrected chi connectivity index (χ2v) is 9.63. The van der Waals surface area contributed by atoms with Crippen LogP contribution in [0.3, 0.4) is 0 Å². The summed E-state index contributed by atoms with van der Waals surface area (Å²) in [6.07, 6.45) is -3.73. The van der Waals surface area contributed by atoms with E-state index in [1.165, 1.54) is 43.4 Å². The van der Waals surface area contributed by atoms with E-state index in [2.05, 4.69) is 15.6 Å². The molecule has 1 aliphatic rings. The van der Waals surface area contributed by atoms with Crippen LogP contribution < -0.4 is 10.6 Å². The predicted octanol–water partition coefficient (Wildman–Crippen LogP) is 5.47. The molecule has 13 heteroatoms. The Balaban J connectivity index is 1.81. The zero-order valence-corrected chi connectivity index (χ0v) is 22.8. The summed E-state index contributed by atoms with van der Waals surface area (Å²) in [5.41, 5.74) is 2.96. The van der Waals surface area contributed by atoms with Gasteiger partial charge < -0.3 is 15.7 Å². The number of rotatable bonds is 8. The third kappa shape index (κ3) is 8.37. The van der Waals surface area contributed by atoms with Crippen molar-refractivity contribution in [2.75, 3.05) is 33.2 Å². The molecule has 0 aliphatic carbocycles. The normalized spacial score (nSPS) is 15.3. The van der Waals surface area contributed by atoms with E-state index in [4.69, 9.17) is 28.6 Å². The molecule has 1 heterocycles. The molecule has 214 valence electrons. The van der Waals surface area contributed by atoms with E-state index in [1.807, 2.05) is 6.08 Å². The Morgan fingerprint density at radius 2 is 1.93 bits per heavy atom. The number of aliphatic imine (C=N–C) groups is 1. The average molecular weight is 600 g/mol. The van der Waals surface area contributed by atoms with Gasteiger partial charge in [0.15, 0.2) is 6.10 Å². The Morgan fingerprint density at radius 1 is 1.23 bits per heavy atom. The van der Waals surface area contributed by atoms with Crippen LogP contribution >= 0.6 is 23.2 Å². The van der Waals surface area contributed by atoms with Gasteiger partial charge in [0.25, 0.3) is 0 Å². The minimum Gasteiger partial charge on any atom is -0.382 e. The number of aliphatic hydroxyl groups is 1. The summed E-state index contributed by atoms with van der Waals surface area (Å²) in [4.78, 5) is 17.9. The van der Waals surface area contributed by atoms with Crippen LogP contribution in [0, 0.1) is 11.2 Å². The van der Waals surface area contributed by atoms with Crippen molar-refractivity contribution in [1.82, 2.24) is 15.5 Å². The van der Waals surface area contributed by atoms with Gasteiger partial charge in [-0.05, 0) is 66.1 Å². The minimum absolute atomic E-state index is 0.0130. The monoisotopic (exact) mass is 599 g/mol. The number of halogens is 6. The van der Waals surface area contributed by atoms with Gasteiger partial charge in [0.1, 0.15) is 11.7 Å². The lowest BCUT2D eigenvalue weighted by molar-refractivity contribution is -0.204. The second-order valence-electron chi connectivity index (χ2n) is 8.79. The Kier molecular flexibility index (Phi) is 10.9. The molecule has 4 N–H and O–H groups in total. The molecule has 3 rings (SSSR count). The molecule has 0 saturated carbocycles. The van der Waals surface area contributed by atoms with Crippen molar-refractivity contribution in [2.24, 2.45) is 4.99 Å². The minimum atomic E-state index is -5.00. The van der Waals surface area contributed by atoms with Gasteiger partial charge in [0.05, 0.1) is 23.8 Å². The molecule has 40 heavy (non-hydrogen) atoms. The van der Waals surface area contributed by atoms with Gasteiger partial charge in [-0.1, -0.05) is 41.4 Å². The summed E-state index contributed by atoms with van der Waals surface area (Å²) in [5.74, 6) is -1.08. The zero-order chi connectivity index (χ0) is 29.4. The van der Waals surface area contributed by atoms with Crippen LogP contribution in [0.4, 0.5) is 22.4 Å². The molecule has 0 saturated heterocycles. The van der Waals surface area contributed by atoms with Crippen LogP contribution in [0.2, 0.25) is 10.0 Å². The molecule has 0 fully saturated rings. The number of amidine groups is 1. The lowest BCUT2D eigenvalue weighted by Gasteiger charge is -2.27. The molecule has 0 unspecified atom stereocenters. The Hall–Kier alpha value is -3.25. The number of urea groups is 1. The lowest BCUT2D eigenvalue weighted by Crippen LogP contribution is -2.51. The van der Waals surface area contributed by atoms with Crippen LogP contribution in [0.15, 0.2) is 64.7 Å². The van der Waals surface area contributed by atoms with Gasteiger partial charge >= 0.3 is 12.2 Å². The smallest absolute Gasteiger partial charge is 0.382 e. The number of nitrogens with one attached hydrogen (secondary N) is 3. The molecule has 2 aromatic carbocycles. The van der Waals surface area contributed by atoms with Crippen molar-refractivity contribution < 1.29 is 27.5 Å². The third-order valence-corrected chi connectivity index (χ3v) is 6.61. The van der Waals surface area contributed by atoms with Gasteiger partial charge in [-0.3, -0.25) is 15.3 Å². The Bertz CT molecular complexity index is 1330. The average Bonchev–Trinajstić information content (AvgIpc) is 2.92. The number of carbonyl (C=O) groups is 1. The summed E-state index contributed by atoms with van der Waals surface area (Å²) < 4.78 is 52.9. The van der Waals surface area contributed by atoms with E-state index in [1.54, 1.807) is 12.1 Å². The van der Waals surface area contributed by atoms with Gasteiger partial charge in [-0.15, -0.1) is 0 Å². The van der Waals surface area contributed by atoms with E-state index in [0.29, 0.717) is 40.7 Å². The van der Waals surface area contributed by atoms with Crippen LogP contribution in [0.25, 0.3) is 6.08 Å². The van der Waals surface area contributed by atoms with Crippen molar-refractivity contribution in [3.63, 3.8) is 0 Å². The Labute approximate surface area is 238 Å². The van der Waals surface area contributed by atoms with E-state index in [-0.39, 0.29) is 17.1 Å². The summed E-state index contributed by atoms with van der Waals surface area (Å²) in [6.45, 7) is -0.209. The number of hydrogen-bond donors (Lipinski definition) is 4. The first kappa shape index (κ1) is 31.3. The van der Waals surface area contributed by atoms with Gasteiger partial charge in [-0.25, -0.2) is 9.18 Å². The molecule has 2 amide bonds. The van der Waals surface area contributed by atoms with Crippen molar-refractivity contribution in [3.05, 3.63) is 86.7 Å². The van der Waals surface area contributed by atoms with Crippen LogP contribution in [0.5, 0.6) is 0 Å².